The Labute approximate surface area is 107 Å². The molecule has 1 heterocycles. The number of hydrogen-bond donors (Lipinski definition) is 1. The molecular formula is C13H21NO4. The van der Waals surface area contributed by atoms with E-state index in [2.05, 4.69) is 10.1 Å². The fourth-order valence-electron chi connectivity index (χ4n) is 1.69. The maximum absolute atomic E-state index is 11.4. The average molecular weight is 255 g/mol. The second-order valence-electron chi connectivity index (χ2n) is 4.56. The van der Waals surface area contributed by atoms with Gasteiger partial charge in [0.1, 0.15) is 0 Å². The van der Waals surface area contributed by atoms with Gasteiger partial charge in [0.05, 0.1) is 19.0 Å². The molecule has 0 amide bonds. The molecule has 0 atom stereocenters. The fraction of sp³-hybridized carbons (Fsp3) is 0.615. The van der Waals surface area contributed by atoms with Crippen molar-refractivity contribution in [3.05, 3.63) is 23.7 Å². The summed E-state index contributed by atoms with van der Waals surface area (Å²) in [5.74, 6) is -0.208. The fourth-order valence-corrected chi connectivity index (χ4v) is 1.69. The number of ether oxygens (including phenoxy) is 2. The third kappa shape index (κ3) is 4.16. The number of nitrogens with one attached hydrogen (secondary N) is 1. The Morgan fingerprint density at radius 1 is 1.50 bits per heavy atom. The highest BCUT2D eigenvalue weighted by Gasteiger charge is 2.19. The molecule has 18 heavy (non-hydrogen) atoms. The Morgan fingerprint density at radius 2 is 2.22 bits per heavy atom. The summed E-state index contributed by atoms with van der Waals surface area (Å²) < 4.78 is 15.3. The molecule has 1 aromatic rings. The lowest BCUT2D eigenvalue weighted by Crippen LogP contribution is -2.37. The number of furan rings is 1. The molecule has 1 aromatic heterocycles. The van der Waals surface area contributed by atoms with Gasteiger partial charge in [-0.25, -0.2) is 4.79 Å². The first-order valence-corrected chi connectivity index (χ1v) is 5.99. The summed E-state index contributed by atoms with van der Waals surface area (Å²) >= 11 is 0. The van der Waals surface area contributed by atoms with Gasteiger partial charge in [-0.3, -0.25) is 0 Å². The molecule has 0 radical (unpaired) electrons. The molecule has 102 valence electrons. The van der Waals surface area contributed by atoms with Gasteiger partial charge in [0.25, 0.3) is 0 Å². The van der Waals surface area contributed by atoms with Crippen LogP contribution >= 0.6 is 0 Å². The van der Waals surface area contributed by atoms with Crippen LogP contribution in [-0.2, 0) is 16.0 Å². The van der Waals surface area contributed by atoms with E-state index in [0.29, 0.717) is 19.7 Å². The highest BCUT2D eigenvalue weighted by Crippen LogP contribution is 2.12. The number of carbonyl (C=O) groups is 1. The molecule has 0 spiro atoms. The van der Waals surface area contributed by atoms with Crippen LogP contribution in [0.25, 0.3) is 0 Å². The van der Waals surface area contributed by atoms with Crippen molar-refractivity contribution < 1.29 is 18.7 Å². The van der Waals surface area contributed by atoms with Crippen LogP contribution in [0.1, 0.15) is 36.9 Å². The highest BCUT2D eigenvalue weighted by atomic mass is 16.5. The number of rotatable bonds is 7. The molecule has 0 aliphatic heterocycles. The minimum absolute atomic E-state index is 0.232. The van der Waals surface area contributed by atoms with E-state index in [4.69, 9.17) is 9.15 Å². The van der Waals surface area contributed by atoms with Crippen molar-refractivity contribution in [3.8, 4) is 0 Å². The first-order valence-electron chi connectivity index (χ1n) is 5.99. The Balaban J connectivity index is 2.49. The predicted molar refractivity (Wildman–Crippen MR) is 67.5 cm³/mol. The summed E-state index contributed by atoms with van der Waals surface area (Å²) in [5.41, 5.74) is 0.554. The lowest BCUT2D eigenvalue weighted by molar-refractivity contribution is -0.00899. The minimum atomic E-state index is -0.458. The van der Waals surface area contributed by atoms with Crippen molar-refractivity contribution in [1.29, 1.82) is 0 Å². The van der Waals surface area contributed by atoms with Crippen LogP contribution in [0.3, 0.4) is 0 Å². The summed E-state index contributed by atoms with van der Waals surface area (Å²) in [6, 6.07) is 1.76. The largest absolute Gasteiger partial charge is 0.463 e. The second kappa shape index (κ2) is 6.56. The summed E-state index contributed by atoms with van der Waals surface area (Å²) in [4.78, 5) is 11.4. The van der Waals surface area contributed by atoms with E-state index in [9.17, 15) is 4.79 Å². The van der Waals surface area contributed by atoms with E-state index in [1.54, 1.807) is 6.07 Å². The van der Waals surface area contributed by atoms with Crippen molar-refractivity contribution in [2.45, 2.75) is 32.9 Å². The van der Waals surface area contributed by atoms with Crippen LogP contribution in [0, 0.1) is 0 Å². The third-order valence-electron chi connectivity index (χ3n) is 2.52. The Hall–Kier alpha value is -1.33. The van der Waals surface area contributed by atoms with Gasteiger partial charge in [0, 0.05) is 25.3 Å². The molecule has 1 rings (SSSR count). The van der Waals surface area contributed by atoms with Crippen LogP contribution in [0.5, 0.6) is 0 Å². The molecule has 0 bridgehead atoms. The maximum Gasteiger partial charge on any atom is 0.374 e. The van der Waals surface area contributed by atoms with Gasteiger partial charge in [-0.05, 0) is 26.8 Å². The van der Waals surface area contributed by atoms with Crippen molar-refractivity contribution in [2.75, 3.05) is 20.3 Å². The molecule has 0 aliphatic carbocycles. The summed E-state index contributed by atoms with van der Waals surface area (Å²) in [7, 11) is 1.33. The summed E-state index contributed by atoms with van der Waals surface area (Å²) in [6.07, 6.45) is 1.48. The van der Waals surface area contributed by atoms with Gasteiger partial charge in [-0.15, -0.1) is 0 Å². The zero-order valence-electron chi connectivity index (χ0n) is 11.4. The van der Waals surface area contributed by atoms with Gasteiger partial charge in [-0.1, -0.05) is 0 Å². The van der Waals surface area contributed by atoms with Crippen LogP contribution < -0.4 is 5.32 Å². The van der Waals surface area contributed by atoms with Crippen LogP contribution in [0.4, 0.5) is 0 Å². The first-order chi connectivity index (χ1) is 8.50. The molecule has 1 N–H and O–H groups in total. The number of hydrogen-bond acceptors (Lipinski definition) is 5. The van der Waals surface area contributed by atoms with E-state index < -0.39 is 5.97 Å². The molecule has 0 aliphatic rings. The zero-order valence-corrected chi connectivity index (χ0v) is 11.4. The van der Waals surface area contributed by atoms with Crippen molar-refractivity contribution in [3.63, 3.8) is 0 Å². The van der Waals surface area contributed by atoms with Gasteiger partial charge >= 0.3 is 5.97 Å². The van der Waals surface area contributed by atoms with Crippen LogP contribution in [-0.4, -0.2) is 31.8 Å². The minimum Gasteiger partial charge on any atom is -0.463 e. The second-order valence-corrected chi connectivity index (χ2v) is 4.56. The monoisotopic (exact) mass is 255 g/mol. The van der Waals surface area contributed by atoms with Crippen LogP contribution in [0.15, 0.2) is 16.7 Å². The Morgan fingerprint density at radius 3 is 2.83 bits per heavy atom. The average Bonchev–Trinajstić information content (AvgIpc) is 2.76. The molecule has 0 saturated heterocycles. The van der Waals surface area contributed by atoms with Crippen LogP contribution in [0.2, 0.25) is 0 Å². The van der Waals surface area contributed by atoms with E-state index in [1.165, 1.54) is 13.4 Å². The van der Waals surface area contributed by atoms with Gasteiger partial charge in [0.2, 0.25) is 5.76 Å². The van der Waals surface area contributed by atoms with Gasteiger partial charge in [0.15, 0.2) is 0 Å². The first kappa shape index (κ1) is 14.7. The normalized spacial score (nSPS) is 11.6. The Kier molecular flexibility index (Phi) is 5.37. The predicted octanol–water partition coefficient (Wildman–Crippen LogP) is 1.97. The lowest BCUT2D eigenvalue weighted by atomic mass is 10.1. The molecular weight excluding hydrogens is 234 g/mol. The van der Waals surface area contributed by atoms with E-state index in [-0.39, 0.29) is 11.4 Å². The number of carbonyl (C=O) groups excluding carboxylic acids is 1. The maximum atomic E-state index is 11.4. The van der Waals surface area contributed by atoms with Crippen molar-refractivity contribution in [1.82, 2.24) is 5.32 Å². The quantitative estimate of drug-likeness (QED) is 0.755. The standard InChI is InChI=1S/C13H21NO4/c1-5-18-13(2,3)9-14-8-10-6-7-17-11(10)12(15)16-4/h6-7,14H,5,8-9H2,1-4H3. The van der Waals surface area contributed by atoms with E-state index >= 15 is 0 Å². The Bertz CT molecular complexity index is 384. The van der Waals surface area contributed by atoms with Crippen molar-refractivity contribution in [2.24, 2.45) is 0 Å². The molecule has 0 aromatic carbocycles. The topological polar surface area (TPSA) is 60.7 Å². The van der Waals surface area contributed by atoms with Gasteiger partial charge in [-0.2, -0.15) is 0 Å². The molecule has 5 nitrogen and oxygen atoms in total. The molecule has 0 saturated carbocycles. The summed E-state index contributed by atoms with van der Waals surface area (Å²) in [6.45, 7) is 7.89. The molecule has 0 fully saturated rings. The zero-order chi connectivity index (χ0) is 13.6. The number of esters is 1. The SMILES string of the molecule is CCOC(C)(C)CNCc1ccoc1C(=O)OC. The smallest absolute Gasteiger partial charge is 0.374 e. The van der Waals surface area contributed by atoms with Gasteiger partial charge < -0.3 is 19.2 Å². The lowest BCUT2D eigenvalue weighted by Gasteiger charge is -2.24. The highest BCUT2D eigenvalue weighted by molar-refractivity contribution is 5.87. The summed E-state index contributed by atoms with van der Waals surface area (Å²) in [5, 5.41) is 3.24. The van der Waals surface area contributed by atoms with E-state index in [0.717, 1.165) is 5.56 Å². The molecule has 5 heteroatoms. The van der Waals surface area contributed by atoms with E-state index in [1.807, 2.05) is 20.8 Å². The number of methoxy groups -OCH3 is 1. The third-order valence-corrected chi connectivity index (χ3v) is 2.52. The van der Waals surface area contributed by atoms with Crippen molar-refractivity contribution >= 4 is 5.97 Å². The molecule has 0 unspecified atom stereocenters.